The summed E-state index contributed by atoms with van der Waals surface area (Å²) in [6.07, 6.45) is 0.731. The molecular formula is C12H12ClFN4O2. The van der Waals surface area contributed by atoms with Gasteiger partial charge < -0.3 is 5.32 Å². The van der Waals surface area contributed by atoms with Crippen LogP contribution >= 0.6 is 11.6 Å². The number of carbonyl (C=O) groups is 2. The molecule has 1 saturated carbocycles. The topological polar surface area (TPSA) is 84.0 Å². The summed E-state index contributed by atoms with van der Waals surface area (Å²) in [4.78, 5) is 22.8. The van der Waals surface area contributed by atoms with Gasteiger partial charge in [0.1, 0.15) is 0 Å². The van der Waals surface area contributed by atoms with Crippen LogP contribution in [0.15, 0.2) is 6.07 Å². The van der Waals surface area contributed by atoms with Crippen LogP contribution in [0, 0.1) is 5.92 Å². The first kappa shape index (κ1) is 13.2. The van der Waals surface area contributed by atoms with Crippen molar-refractivity contribution in [1.82, 2.24) is 20.8 Å². The van der Waals surface area contributed by atoms with E-state index in [1.165, 1.54) is 0 Å². The van der Waals surface area contributed by atoms with Crippen molar-refractivity contribution in [2.24, 2.45) is 5.92 Å². The van der Waals surface area contributed by atoms with Gasteiger partial charge in [0.2, 0.25) is 5.91 Å². The van der Waals surface area contributed by atoms with Gasteiger partial charge in [-0.05, 0) is 29.9 Å². The van der Waals surface area contributed by atoms with E-state index in [1.54, 1.807) is 6.07 Å². The Labute approximate surface area is 119 Å². The van der Waals surface area contributed by atoms with Crippen LogP contribution in [0.4, 0.5) is 9.18 Å². The van der Waals surface area contributed by atoms with E-state index in [0.717, 1.165) is 12.0 Å². The molecule has 20 heavy (non-hydrogen) atoms. The fourth-order valence-corrected chi connectivity index (χ4v) is 2.64. The van der Waals surface area contributed by atoms with Gasteiger partial charge in [0.25, 0.3) is 0 Å². The number of halogens is 2. The van der Waals surface area contributed by atoms with E-state index in [0.29, 0.717) is 5.69 Å². The van der Waals surface area contributed by atoms with Crippen molar-refractivity contribution >= 4 is 23.5 Å². The van der Waals surface area contributed by atoms with E-state index < -0.39 is 24.5 Å². The summed E-state index contributed by atoms with van der Waals surface area (Å²) in [5.41, 5.74) is 1.16. The molecule has 1 saturated heterocycles. The van der Waals surface area contributed by atoms with E-state index in [4.69, 9.17) is 11.6 Å². The monoisotopic (exact) mass is 298 g/mol. The summed E-state index contributed by atoms with van der Waals surface area (Å²) in [7, 11) is 0. The Morgan fingerprint density at radius 2 is 2.20 bits per heavy atom. The molecular weight excluding hydrogens is 287 g/mol. The average molecular weight is 299 g/mol. The van der Waals surface area contributed by atoms with Crippen molar-refractivity contribution in [3.8, 4) is 0 Å². The first-order valence-corrected chi connectivity index (χ1v) is 6.65. The van der Waals surface area contributed by atoms with Crippen molar-refractivity contribution in [3.63, 3.8) is 0 Å². The van der Waals surface area contributed by atoms with E-state index in [1.807, 2.05) is 0 Å². The number of nitrogens with zero attached hydrogens (tertiary/aromatic N) is 2. The van der Waals surface area contributed by atoms with Crippen molar-refractivity contribution in [2.75, 3.05) is 13.2 Å². The lowest BCUT2D eigenvalue weighted by atomic mass is 10.0. The number of carbonyl (C=O) groups excluding carboxylic acids is 2. The number of imide groups is 1. The summed E-state index contributed by atoms with van der Waals surface area (Å²) in [6, 6.07) is 1.17. The van der Waals surface area contributed by atoms with Gasteiger partial charge >= 0.3 is 6.03 Å². The molecule has 2 N–H and O–H groups in total. The quantitative estimate of drug-likeness (QED) is 0.876. The van der Waals surface area contributed by atoms with Crippen LogP contribution in [0.2, 0.25) is 5.15 Å². The molecule has 1 aliphatic carbocycles. The lowest BCUT2D eigenvalue weighted by molar-refractivity contribution is -0.122. The first-order valence-electron chi connectivity index (χ1n) is 6.27. The highest BCUT2D eigenvalue weighted by Crippen LogP contribution is 2.49. The van der Waals surface area contributed by atoms with Gasteiger partial charge in [-0.1, -0.05) is 11.6 Å². The minimum Gasteiger partial charge on any atom is -0.337 e. The molecule has 8 heteroatoms. The fraction of sp³-hybridized carbons (Fsp3) is 0.500. The number of rotatable bonds is 3. The van der Waals surface area contributed by atoms with E-state index in [2.05, 4.69) is 20.8 Å². The summed E-state index contributed by atoms with van der Waals surface area (Å²) >= 11 is 5.99. The zero-order valence-corrected chi connectivity index (χ0v) is 11.2. The van der Waals surface area contributed by atoms with Gasteiger partial charge in [-0.25, -0.2) is 4.79 Å². The molecule has 1 aromatic heterocycles. The van der Waals surface area contributed by atoms with Gasteiger partial charge in [-0.2, -0.15) is 5.10 Å². The smallest absolute Gasteiger partial charge is 0.321 e. The zero-order valence-electron chi connectivity index (χ0n) is 10.4. The molecule has 1 aromatic rings. The minimum absolute atomic E-state index is 0.0237. The number of nitrogens with one attached hydrogen (secondary N) is 2. The van der Waals surface area contributed by atoms with Crippen LogP contribution in [-0.2, 0) is 4.79 Å². The van der Waals surface area contributed by atoms with E-state index in [9.17, 15) is 14.0 Å². The SMILES string of the molecule is O=C1NCC(c2cc([C@@H]3C[C@H]3CF)c(Cl)nn2)C(=O)N1. The third-order valence-electron chi connectivity index (χ3n) is 3.69. The molecule has 2 fully saturated rings. The molecule has 0 spiro atoms. The van der Waals surface area contributed by atoms with E-state index >= 15 is 0 Å². The number of amides is 3. The fourth-order valence-electron chi connectivity index (χ4n) is 2.41. The number of aromatic nitrogens is 2. The Hall–Kier alpha value is -1.76. The maximum Gasteiger partial charge on any atom is 0.321 e. The molecule has 106 valence electrons. The predicted molar refractivity (Wildman–Crippen MR) is 68.1 cm³/mol. The van der Waals surface area contributed by atoms with Crippen LogP contribution in [0.1, 0.15) is 29.5 Å². The molecule has 2 aliphatic rings. The second-order valence-corrected chi connectivity index (χ2v) is 5.38. The predicted octanol–water partition coefficient (Wildman–Crippen LogP) is 1.13. The molecule has 1 aliphatic heterocycles. The lowest BCUT2D eigenvalue weighted by Gasteiger charge is -2.21. The third kappa shape index (κ3) is 2.33. The molecule has 0 radical (unpaired) electrons. The Morgan fingerprint density at radius 3 is 2.85 bits per heavy atom. The standard InChI is InChI=1S/C12H12ClFN4O2/c13-10-7(6-1-5(6)3-14)2-9(17-18-10)8-4-15-12(20)16-11(8)19/h2,5-6,8H,1,3-4H2,(H2,15,16,19,20)/t5-,6+,8?/m0/s1. The van der Waals surface area contributed by atoms with Crippen molar-refractivity contribution in [2.45, 2.75) is 18.3 Å². The highest BCUT2D eigenvalue weighted by molar-refractivity contribution is 6.30. The van der Waals surface area contributed by atoms with Crippen molar-refractivity contribution < 1.29 is 14.0 Å². The van der Waals surface area contributed by atoms with Crippen LogP contribution in [-0.4, -0.2) is 35.4 Å². The van der Waals surface area contributed by atoms with Crippen molar-refractivity contribution in [3.05, 3.63) is 22.5 Å². The van der Waals surface area contributed by atoms with Crippen LogP contribution in [0.5, 0.6) is 0 Å². The number of hydrogen-bond acceptors (Lipinski definition) is 4. The van der Waals surface area contributed by atoms with Crippen LogP contribution < -0.4 is 10.6 Å². The van der Waals surface area contributed by atoms with Crippen LogP contribution in [0.3, 0.4) is 0 Å². The van der Waals surface area contributed by atoms with E-state index in [-0.39, 0.29) is 23.5 Å². The summed E-state index contributed by atoms with van der Waals surface area (Å²) in [5.74, 6) is -1.000. The summed E-state index contributed by atoms with van der Waals surface area (Å²) in [5, 5.41) is 12.7. The van der Waals surface area contributed by atoms with Crippen LogP contribution in [0.25, 0.3) is 0 Å². The molecule has 3 amide bonds. The number of hydrogen-bond donors (Lipinski definition) is 2. The first-order chi connectivity index (χ1) is 9.60. The second-order valence-electron chi connectivity index (χ2n) is 5.02. The van der Waals surface area contributed by atoms with Gasteiger partial charge in [-0.15, -0.1) is 5.10 Å². The maximum atomic E-state index is 12.6. The molecule has 6 nitrogen and oxygen atoms in total. The maximum absolute atomic E-state index is 12.6. The van der Waals surface area contributed by atoms with Gasteiger partial charge in [0.05, 0.1) is 18.3 Å². The summed E-state index contributed by atoms with van der Waals surface area (Å²) < 4.78 is 12.6. The largest absolute Gasteiger partial charge is 0.337 e. The highest BCUT2D eigenvalue weighted by atomic mass is 35.5. The van der Waals surface area contributed by atoms with Gasteiger partial charge in [0.15, 0.2) is 5.15 Å². The number of urea groups is 1. The molecule has 0 aromatic carbocycles. The Kier molecular flexibility index (Phi) is 3.29. The normalized spacial score (nSPS) is 28.8. The summed E-state index contributed by atoms with van der Waals surface area (Å²) in [6.45, 7) is -0.226. The number of alkyl halides is 1. The molecule has 3 rings (SSSR count). The minimum atomic E-state index is -0.598. The van der Waals surface area contributed by atoms with Crippen molar-refractivity contribution in [1.29, 1.82) is 0 Å². The Morgan fingerprint density at radius 1 is 1.40 bits per heavy atom. The lowest BCUT2D eigenvalue weighted by Crippen LogP contribution is -2.51. The molecule has 1 unspecified atom stereocenters. The molecule has 0 bridgehead atoms. The third-order valence-corrected chi connectivity index (χ3v) is 3.99. The average Bonchev–Trinajstić information content (AvgIpc) is 3.19. The van der Waals surface area contributed by atoms with Gasteiger partial charge in [0, 0.05) is 6.54 Å². The second kappa shape index (κ2) is 4.97. The van der Waals surface area contributed by atoms with Gasteiger partial charge in [-0.3, -0.25) is 14.5 Å². The zero-order chi connectivity index (χ0) is 14.3. The Bertz CT molecular complexity index is 583. The highest BCUT2D eigenvalue weighted by Gasteiger charge is 2.41. The Balaban J connectivity index is 1.86. The molecule has 2 heterocycles. The molecule has 3 atom stereocenters.